The molecule has 1 unspecified atom stereocenters. The van der Waals surface area contributed by atoms with Crippen molar-refractivity contribution in [3.05, 3.63) is 117 Å². The van der Waals surface area contributed by atoms with Gasteiger partial charge in [0.15, 0.2) is 5.16 Å². The summed E-state index contributed by atoms with van der Waals surface area (Å²) in [4.78, 5) is 32.3. The van der Waals surface area contributed by atoms with Crippen molar-refractivity contribution < 1.29 is 4.79 Å². The van der Waals surface area contributed by atoms with E-state index < -0.39 is 0 Å². The number of para-hydroxylation sites is 2. The molecule has 40 heavy (non-hydrogen) atoms. The highest BCUT2D eigenvalue weighted by atomic mass is 32.2. The lowest BCUT2D eigenvalue weighted by atomic mass is 9.83. The van der Waals surface area contributed by atoms with Gasteiger partial charge in [0.05, 0.1) is 22.2 Å². The Morgan fingerprint density at radius 2 is 1.77 bits per heavy atom. The Labute approximate surface area is 240 Å². The van der Waals surface area contributed by atoms with Gasteiger partial charge in [-0.1, -0.05) is 72.4 Å². The molecule has 2 aromatic heterocycles. The Bertz CT molecular complexity index is 1790. The third-order valence-electron chi connectivity index (χ3n) is 7.22. The molecule has 0 spiro atoms. The Balaban J connectivity index is 1.17. The minimum absolute atomic E-state index is 0.139. The minimum atomic E-state index is -0.156. The van der Waals surface area contributed by atoms with E-state index in [4.69, 9.17) is 4.98 Å². The number of benzene rings is 3. The van der Waals surface area contributed by atoms with E-state index in [1.807, 2.05) is 54.6 Å². The number of nitrogens with zero attached hydrogens (tertiary/aromatic N) is 3. The highest BCUT2D eigenvalue weighted by molar-refractivity contribution is 7.99. The van der Waals surface area contributed by atoms with E-state index in [1.54, 1.807) is 10.6 Å². The molecule has 3 aromatic carbocycles. The molecular formula is C32H26N4O2S2. The van der Waals surface area contributed by atoms with Crippen LogP contribution in [0, 0.1) is 11.3 Å². The van der Waals surface area contributed by atoms with Crippen LogP contribution in [0.15, 0.2) is 94.9 Å². The van der Waals surface area contributed by atoms with E-state index in [0.717, 1.165) is 30.5 Å². The number of amides is 1. The Hall–Kier alpha value is -4.19. The topological polar surface area (TPSA) is 87.8 Å². The second kappa shape index (κ2) is 11.5. The summed E-state index contributed by atoms with van der Waals surface area (Å²) < 4.78 is 1.61. The summed E-state index contributed by atoms with van der Waals surface area (Å²) in [5.74, 6) is 0.707. The maximum absolute atomic E-state index is 13.4. The van der Waals surface area contributed by atoms with Crippen LogP contribution in [0.1, 0.15) is 40.3 Å². The van der Waals surface area contributed by atoms with Gasteiger partial charge >= 0.3 is 0 Å². The van der Waals surface area contributed by atoms with Gasteiger partial charge in [-0.15, -0.1) is 11.3 Å². The number of thioether (sulfide) groups is 1. The lowest BCUT2D eigenvalue weighted by Crippen LogP contribution is -2.22. The summed E-state index contributed by atoms with van der Waals surface area (Å²) >= 11 is 2.90. The van der Waals surface area contributed by atoms with Crippen LogP contribution in [0.25, 0.3) is 16.6 Å². The number of nitrogens with one attached hydrogen (secondary N) is 1. The van der Waals surface area contributed by atoms with Crippen molar-refractivity contribution in [1.29, 1.82) is 5.26 Å². The van der Waals surface area contributed by atoms with Crippen LogP contribution in [-0.4, -0.2) is 21.2 Å². The van der Waals surface area contributed by atoms with Crippen LogP contribution in [0.3, 0.4) is 0 Å². The first-order valence-electron chi connectivity index (χ1n) is 13.2. The fraction of sp³-hybridized carbons (Fsp3) is 0.188. The van der Waals surface area contributed by atoms with E-state index in [2.05, 4.69) is 35.7 Å². The maximum Gasteiger partial charge on any atom is 0.266 e. The third-order valence-corrected chi connectivity index (χ3v) is 9.33. The molecule has 0 aliphatic heterocycles. The minimum Gasteiger partial charge on any atom is -0.317 e. The van der Waals surface area contributed by atoms with Crippen molar-refractivity contribution >= 4 is 44.9 Å². The quantitative estimate of drug-likeness (QED) is 0.176. The number of carbonyl (C=O) groups is 1. The molecule has 6 nitrogen and oxygen atoms in total. The summed E-state index contributed by atoms with van der Waals surface area (Å²) in [6, 6.07) is 29.5. The van der Waals surface area contributed by atoms with Crippen molar-refractivity contribution in [3.63, 3.8) is 0 Å². The number of aromatic nitrogens is 2. The second-order valence-corrected chi connectivity index (χ2v) is 11.9. The zero-order chi connectivity index (χ0) is 27.5. The Kier molecular flexibility index (Phi) is 7.49. The average Bonchev–Trinajstić information content (AvgIpc) is 3.34. The Morgan fingerprint density at radius 3 is 2.55 bits per heavy atom. The standard InChI is InChI=1S/C32H26N4O2S2/c33-20-26-24-16-15-22(21-9-3-1-4-10-21)19-28(24)40-30(26)35-29(37)17-18-39-32-34-27-14-8-7-13-25(27)31(38)36(32)23-11-5-2-6-12-23/h1-14,22H,15-19H2,(H,35,37). The van der Waals surface area contributed by atoms with Crippen molar-refractivity contribution in [1.82, 2.24) is 9.55 Å². The van der Waals surface area contributed by atoms with Crippen molar-refractivity contribution in [2.45, 2.75) is 36.8 Å². The molecule has 8 heteroatoms. The number of rotatable bonds is 7. The van der Waals surface area contributed by atoms with Gasteiger partial charge in [0.1, 0.15) is 11.1 Å². The molecule has 1 amide bonds. The molecule has 1 atom stereocenters. The average molecular weight is 563 g/mol. The first-order chi connectivity index (χ1) is 19.6. The summed E-state index contributed by atoms with van der Waals surface area (Å²) in [5.41, 5.74) is 4.22. The van der Waals surface area contributed by atoms with Crippen molar-refractivity contribution in [2.24, 2.45) is 0 Å². The molecule has 0 saturated heterocycles. The van der Waals surface area contributed by atoms with Gasteiger partial charge in [0.2, 0.25) is 5.91 Å². The second-order valence-electron chi connectivity index (χ2n) is 9.70. The predicted molar refractivity (Wildman–Crippen MR) is 162 cm³/mol. The summed E-state index contributed by atoms with van der Waals surface area (Å²) in [6.07, 6.45) is 2.94. The zero-order valence-electron chi connectivity index (χ0n) is 21.7. The first kappa shape index (κ1) is 26.1. The molecule has 1 N–H and O–H groups in total. The number of fused-ring (bicyclic) bond motifs is 2. The van der Waals surface area contributed by atoms with E-state index in [9.17, 15) is 14.9 Å². The highest BCUT2D eigenvalue weighted by Gasteiger charge is 2.27. The maximum atomic E-state index is 13.4. The van der Waals surface area contributed by atoms with Gasteiger partial charge < -0.3 is 5.32 Å². The SMILES string of the molecule is N#Cc1c(NC(=O)CCSc2nc3ccccc3c(=O)n2-c2ccccc2)sc2c1CCC(c1ccccc1)C2. The largest absolute Gasteiger partial charge is 0.317 e. The van der Waals surface area contributed by atoms with E-state index in [0.29, 0.717) is 38.3 Å². The zero-order valence-corrected chi connectivity index (χ0v) is 23.3. The molecule has 198 valence electrons. The molecule has 6 rings (SSSR count). The molecule has 2 heterocycles. The van der Waals surface area contributed by atoms with Gasteiger partial charge in [-0.3, -0.25) is 14.2 Å². The van der Waals surface area contributed by atoms with E-state index in [1.165, 1.54) is 33.5 Å². The van der Waals surface area contributed by atoms with Gasteiger partial charge in [-0.05, 0) is 60.6 Å². The summed E-state index contributed by atoms with van der Waals surface area (Å²) in [7, 11) is 0. The molecule has 5 aromatic rings. The number of nitriles is 1. The van der Waals surface area contributed by atoms with Crippen LogP contribution in [0.5, 0.6) is 0 Å². The van der Waals surface area contributed by atoms with E-state index >= 15 is 0 Å². The molecule has 1 aliphatic carbocycles. The lowest BCUT2D eigenvalue weighted by Gasteiger charge is -2.22. The first-order valence-corrected chi connectivity index (χ1v) is 15.0. The third kappa shape index (κ3) is 5.18. The normalized spacial score (nSPS) is 14.4. The number of hydrogen-bond acceptors (Lipinski definition) is 6. The van der Waals surface area contributed by atoms with Gasteiger partial charge in [-0.2, -0.15) is 5.26 Å². The number of hydrogen-bond donors (Lipinski definition) is 1. The highest BCUT2D eigenvalue weighted by Crippen LogP contribution is 2.42. The van der Waals surface area contributed by atoms with Gasteiger partial charge in [0, 0.05) is 17.1 Å². The van der Waals surface area contributed by atoms with Crippen LogP contribution in [0.2, 0.25) is 0 Å². The monoisotopic (exact) mass is 562 g/mol. The van der Waals surface area contributed by atoms with Crippen LogP contribution in [-0.2, 0) is 17.6 Å². The van der Waals surface area contributed by atoms with Crippen LogP contribution in [0.4, 0.5) is 5.00 Å². The smallest absolute Gasteiger partial charge is 0.266 e. The van der Waals surface area contributed by atoms with Crippen molar-refractivity contribution in [2.75, 3.05) is 11.1 Å². The van der Waals surface area contributed by atoms with Crippen LogP contribution < -0.4 is 10.9 Å². The molecule has 0 bridgehead atoms. The molecule has 0 fully saturated rings. The summed E-state index contributed by atoms with van der Waals surface area (Å²) in [5, 5.41) is 14.6. The number of anilines is 1. The van der Waals surface area contributed by atoms with Crippen molar-refractivity contribution in [3.8, 4) is 11.8 Å². The fourth-order valence-electron chi connectivity index (χ4n) is 5.24. The van der Waals surface area contributed by atoms with Gasteiger partial charge in [0.25, 0.3) is 5.56 Å². The predicted octanol–water partition coefficient (Wildman–Crippen LogP) is 6.71. The molecule has 1 aliphatic rings. The molecule has 0 saturated carbocycles. The molecular weight excluding hydrogens is 537 g/mol. The summed E-state index contributed by atoms with van der Waals surface area (Å²) in [6.45, 7) is 0. The number of thiophene rings is 1. The van der Waals surface area contributed by atoms with E-state index in [-0.39, 0.29) is 17.9 Å². The van der Waals surface area contributed by atoms with Crippen LogP contribution >= 0.6 is 23.1 Å². The lowest BCUT2D eigenvalue weighted by molar-refractivity contribution is -0.115. The Morgan fingerprint density at radius 1 is 1.05 bits per heavy atom. The fourth-order valence-corrected chi connectivity index (χ4v) is 7.48. The molecule has 0 radical (unpaired) electrons. The number of carbonyl (C=O) groups excluding carboxylic acids is 1. The van der Waals surface area contributed by atoms with Gasteiger partial charge in [-0.25, -0.2) is 4.98 Å².